The van der Waals surface area contributed by atoms with Crippen LogP contribution in [0.5, 0.6) is 0 Å². The first-order valence-corrected chi connectivity index (χ1v) is 6.46. The summed E-state index contributed by atoms with van der Waals surface area (Å²) in [6.45, 7) is 3.02. The lowest BCUT2D eigenvalue weighted by molar-refractivity contribution is -0.0311. The van der Waals surface area contributed by atoms with Gasteiger partial charge in [0.15, 0.2) is 0 Å². The van der Waals surface area contributed by atoms with Crippen molar-refractivity contribution >= 4 is 21.6 Å². The number of aliphatic hydroxyl groups is 1. The van der Waals surface area contributed by atoms with E-state index in [0.717, 1.165) is 28.8 Å². The Morgan fingerprint density at radius 3 is 3.06 bits per heavy atom. The molecule has 0 aromatic heterocycles. The third-order valence-corrected chi connectivity index (χ3v) is 3.53. The van der Waals surface area contributed by atoms with E-state index in [1.165, 1.54) is 0 Å². The predicted octanol–water partition coefficient (Wildman–Crippen LogP) is 1.22. The Labute approximate surface area is 109 Å². The first-order chi connectivity index (χ1) is 8.20. The molecule has 1 atom stereocenters. The van der Waals surface area contributed by atoms with Gasteiger partial charge < -0.3 is 15.6 Å². The summed E-state index contributed by atoms with van der Waals surface area (Å²) in [6, 6.07) is 5.99. The standard InChI is InChI=1S/C12H17BrN2O2/c13-10-2-1-9(12(14)5-10)6-15-3-4-17-8-11(15)7-16/h1-2,5,11,16H,3-4,6-8,14H2. The highest BCUT2D eigenvalue weighted by Crippen LogP contribution is 2.21. The second-order valence-corrected chi connectivity index (χ2v) is 5.14. The molecule has 1 aromatic carbocycles. The van der Waals surface area contributed by atoms with Crippen molar-refractivity contribution in [3.8, 4) is 0 Å². The van der Waals surface area contributed by atoms with Gasteiger partial charge in [0.1, 0.15) is 0 Å². The lowest BCUT2D eigenvalue weighted by Crippen LogP contribution is -2.46. The largest absolute Gasteiger partial charge is 0.398 e. The fraction of sp³-hybridized carbons (Fsp3) is 0.500. The molecule has 2 rings (SSSR count). The number of nitrogen functional groups attached to an aromatic ring is 1. The molecule has 0 spiro atoms. The van der Waals surface area contributed by atoms with Gasteiger partial charge in [-0.1, -0.05) is 22.0 Å². The second-order valence-electron chi connectivity index (χ2n) is 4.22. The number of ether oxygens (including phenoxy) is 1. The zero-order chi connectivity index (χ0) is 12.3. The number of aliphatic hydroxyl groups excluding tert-OH is 1. The van der Waals surface area contributed by atoms with E-state index in [1.807, 2.05) is 18.2 Å². The molecule has 0 saturated carbocycles. The van der Waals surface area contributed by atoms with Crippen molar-refractivity contribution in [1.82, 2.24) is 4.90 Å². The van der Waals surface area contributed by atoms with Crippen LogP contribution in [0.3, 0.4) is 0 Å². The van der Waals surface area contributed by atoms with E-state index in [0.29, 0.717) is 13.2 Å². The first kappa shape index (κ1) is 12.8. The molecular formula is C12H17BrN2O2. The van der Waals surface area contributed by atoms with Crippen molar-refractivity contribution in [3.63, 3.8) is 0 Å². The van der Waals surface area contributed by atoms with Gasteiger partial charge in [0.05, 0.1) is 25.9 Å². The Kier molecular flexibility index (Phi) is 4.39. The molecule has 17 heavy (non-hydrogen) atoms. The molecule has 1 aliphatic heterocycles. The van der Waals surface area contributed by atoms with Crippen molar-refractivity contribution in [1.29, 1.82) is 0 Å². The third-order valence-electron chi connectivity index (χ3n) is 3.04. The second kappa shape index (κ2) is 5.82. The summed E-state index contributed by atoms with van der Waals surface area (Å²) < 4.78 is 6.34. The van der Waals surface area contributed by atoms with E-state index >= 15 is 0 Å². The van der Waals surface area contributed by atoms with Crippen LogP contribution in [0.2, 0.25) is 0 Å². The third kappa shape index (κ3) is 3.19. The molecule has 1 unspecified atom stereocenters. The summed E-state index contributed by atoms with van der Waals surface area (Å²) >= 11 is 3.39. The smallest absolute Gasteiger partial charge is 0.0644 e. The van der Waals surface area contributed by atoms with Crippen LogP contribution in [0.15, 0.2) is 22.7 Å². The van der Waals surface area contributed by atoms with E-state index in [1.54, 1.807) is 0 Å². The van der Waals surface area contributed by atoms with Gasteiger partial charge in [0, 0.05) is 23.2 Å². The summed E-state index contributed by atoms with van der Waals surface area (Å²) in [5.74, 6) is 0. The van der Waals surface area contributed by atoms with Gasteiger partial charge in [-0.3, -0.25) is 4.90 Å². The van der Waals surface area contributed by atoms with Crippen molar-refractivity contribution in [2.24, 2.45) is 0 Å². The number of morpholine rings is 1. The fourth-order valence-corrected chi connectivity index (χ4v) is 2.37. The summed E-state index contributed by atoms with van der Waals surface area (Å²) in [5.41, 5.74) is 7.85. The average molecular weight is 301 g/mol. The number of benzene rings is 1. The molecule has 3 N–H and O–H groups in total. The highest BCUT2D eigenvalue weighted by molar-refractivity contribution is 9.10. The lowest BCUT2D eigenvalue weighted by Gasteiger charge is -2.34. The average Bonchev–Trinajstić information content (AvgIpc) is 2.33. The van der Waals surface area contributed by atoms with Crippen molar-refractivity contribution in [2.45, 2.75) is 12.6 Å². The summed E-state index contributed by atoms with van der Waals surface area (Å²) in [5, 5.41) is 9.29. The minimum absolute atomic E-state index is 0.0757. The monoisotopic (exact) mass is 300 g/mol. The van der Waals surface area contributed by atoms with E-state index in [2.05, 4.69) is 20.8 Å². The number of anilines is 1. The van der Waals surface area contributed by atoms with Crippen LogP contribution in [0, 0.1) is 0 Å². The van der Waals surface area contributed by atoms with Crippen LogP contribution in [0.4, 0.5) is 5.69 Å². The van der Waals surface area contributed by atoms with Crippen LogP contribution in [-0.4, -0.2) is 42.4 Å². The Balaban J connectivity index is 2.08. The zero-order valence-corrected chi connectivity index (χ0v) is 11.2. The van der Waals surface area contributed by atoms with Crippen molar-refractivity contribution in [2.75, 3.05) is 32.1 Å². The fourth-order valence-electron chi connectivity index (χ4n) is 1.99. The SMILES string of the molecule is Nc1cc(Br)ccc1CN1CCOCC1CO. The number of rotatable bonds is 3. The van der Waals surface area contributed by atoms with Gasteiger partial charge in [0.2, 0.25) is 0 Å². The molecule has 1 aliphatic rings. The minimum Gasteiger partial charge on any atom is -0.398 e. The van der Waals surface area contributed by atoms with Gasteiger partial charge >= 0.3 is 0 Å². The molecule has 1 heterocycles. The van der Waals surface area contributed by atoms with Gasteiger partial charge in [-0.2, -0.15) is 0 Å². The van der Waals surface area contributed by atoms with E-state index in [4.69, 9.17) is 10.5 Å². The molecule has 5 heteroatoms. The molecule has 94 valence electrons. The van der Waals surface area contributed by atoms with E-state index in [-0.39, 0.29) is 12.6 Å². The minimum atomic E-state index is 0.0757. The molecule has 0 bridgehead atoms. The van der Waals surface area contributed by atoms with E-state index in [9.17, 15) is 5.11 Å². The number of nitrogens with two attached hydrogens (primary N) is 1. The van der Waals surface area contributed by atoms with Gasteiger partial charge in [0.25, 0.3) is 0 Å². The van der Waals surface area contributed by atoms with Crippen molar-refractivity contribution in [3.05, 3.63) is 28.2 Å². The van der Waals surface area contributed by atoms with E-state index < -0.39 is 0 Å². The Bertz CT molecular complexity index is 387. The van der Waals surface area contributed by atoms with Crippen LogP contribution >= 0.6 is 15.9 Å². The van der Waals surface area contributed by atoms with Gasteiger partial charge in [-0.15, -0.1) is 0 Å². The number of nitrogens with zero attached hydrogens (tertiary/aromatic N) is 1. The molecule has 1 saturated heterocycles. The van der Waals surface area contributed by atoms with Crippen LogP contribution in [-0.2, 0) is 11.3 Å². The normalized spacial score (nSPS) is 21.6. The maximum atomic E-state index is 9.29. The Morgan fingerprint density at radius 2 is 2.35 bits per heavy atom. The summed E-state index contributed by atoms with van der Waals surface area (Å²) in [7, 11) is 0. The van der Waals surface area contributed by atoms with Gasteiger partial charge in [-0.25, -0.2) is 0 Å². The van der Waals surface area contributed by atoms with Gasteiger partial charge in [-0.05, 0) is 17.7 Å². The molecule has 0 aliphatic carbocycles. The number of halogens is 1. The highest BCUT2D eigenvalue weighted by atomic mass is 79.9. The maximum Gasteiger partial charge on any atom is 0.0644 e. The lowest BCUT2D eigenvalue weighted by atomic mass is 10.1. The quantitative estimate of drug-likeness (QED) is 0.824. The summed E-state index contributed by atoms with van der Waals surface area (Å²) in [4.78, 5) is 2.21. The first-order valence-electron chi connectivity index (χ1n) is 5.67. The topological polar surface area (TPSA) is 58.7 Å². The highest BCUT2D eigenvalue weighted by Gasteiger charge is 2.22. The number of hydrogen-bond donors (Lipinski definition) is 2. The van der Waals surface area contributed by atoms with Crippen LogP contribution < -0.4 is 5.73 Å². The van der Waals surface area contributed by atoms with Crippen LogP contribution in [0.1, 0.15) is 5.56 Å². The number of hydrogen-bond acceptors (Lipinski definition) is 4. The predicted molar refractivity (Wildman–Crippen MR) is 70.7 cm³/mol. The molecular weight excluding hydrogens is 284 g/mol. The Hall–Kier alpha value is -0.620. The maximum absolute atomic E-state index is 9.29. The Morgan fingerprint density at radius 1 is 1.53 bits per heavy atom. The molecule has 1 fully saturated rings. The molecule has 1 aromatic rings. The zero-order valence-electron chi connectivity index (χ0n) is 9.60. The summed E-state index contributed by atoms with van der Waals surface area (Å²) in [6.07, 6.45) is 0. The van der Waals surface area contributed by atoms with Crippen LogP contribution in [0.25, 0.3) is 0 Å². The molecule has 0 radical (unpaired) electrons. The van der Waals surface area contributed by atoms with Crippen molar-refractivity contribution < 1.29 is 9.84 Å². The molecule has 0 amide bonds. The molecule has 4 nitrogen and oxygen atoms in total.